The lowest BCUT2D eigenvalue weighted by Gasteiger charge is -2.02. The van der Waals surface area contributed by atoms with Crippen molar-refractivity contribution in [2.45, 2.75) is 6.54 Å². The van der Waals surface area contributed by atoms with Crippen molar-refractivity contribution < 1.29 is 0 Å². The van der Waals surface area contributed by atoms with Gasteiger partial charge in [0.2, 0.25) is 0 Å². The molecule has 0 unspecified atom stereocenters. The minimum atomic E-state index is 0.591. The Labute approximate surface area is 106 Å². The summed E-state index contributed by atoms with van der Waals surface area (Å²) >= 11 is 8.52. The Morgan fingerprint density at radius 1 is 1.62 bits per heavy atom. The van der Waals surface area contributed by atoms with E-state index >= 15 is 0 Å². The van der Waals surface area contributed by atoms with Gasteiger partial charge in [-0.15, -0.1) is 0 Å². The fraction of sp³-hybridized carbons (Fsp3) is 0.0909. The predicted molar refractivity (Wildman–Crippen MR) is 69.9 cm³/mol. The van der Waals surface area contributed by atoms with Gasteiger partial charge in [-0.2, -0.15) is 5.26 Å². The number of rotatable bonds is 2. The average Bonchev–Trinajstić information content (AvgIpc) is 2.54. The molecule has 0 saturated carbocycles. The SMILES string of the molecule is C=C(Br)Cn1c(=S)[nH]c2ccc(C#N)cc21. The van der Waals surface area contributed by atoms with Crippen LogP contribution in [0.5, 0.6) is 0 Å². The first-order chi connectivity index (χ1) is 7.61. The van der Waals surface area contributed by atoms with Crippen molar-refractivity contribution in [3.8, 4) is 6.07 Å². The van der Waals surface area contributed by atoms with Crippen molar-refractivity contribution >= 4 is 39.2 Å². The van der Waals surface area contributed by atoms with E-state index in [1.807, 2.05) is 16.7 Å². The summed E-state index contributed by atoms with van der Waals surface area (Å²) in [5.74, 6) is 0. The van der Waals surface area contributed by atoms with Crippen molar-refractivity contribution in [1.29, 1.82) is 5.26 Å². The third kappa shape index (κ3) is 1.94. The molecule has 0 saturated heterocycles. The van der Waals surface area contributed by atoms with E-state index in [0.717, 1.165) is 15.5 Å². The maximum atomic E-state index is 8.85. The van der Waals surface area contributed by atoms with Crippen molar-refractivity contribution in [3.05, 3.63) is 39.6 Å². The molecular weight excluding hydrogens is 286 g/mol. The average molecular weight is 294 g/mol. The number of allylic oxidation sites excluding steroid dienone is 1. The lowest BCUT2D eigenvalue weighted by atomic mass is 10.2. The van der Waals surface area contributed by atoms with Crippen molar-refractivity contribution in [2.75, 3.05) is 0 Å². The van der Waals surface area contributed by atoms with Crippen molar-refractivity contribution in [2.24, 2.45) is 0 Å². The highest BCUT2D eigenvalue weighted by Crippen LogP contribution is 2.18. The Bertz CT molecular complexity index is 660. The number of aromatic nitrogens is 2. The molecule has 16 heavy (non-hydrogen) atoms. The summed E-state index contributed by atoms with van der Waals surface area (Å²) in [6, 6.07) is 7.55. The molecule has 0 aliphatic heterocycles. The van der Waals surface area contributed by atoms with Crippen LogP contribution in [0.4, 0.5) is 0 Å². The van der Waals surface area contributed by atoms with Gasteiger partial charge in [-0.25, -0.2) is 0 Å². The number of benzene rings is 1. The number of nitriles is 1. The standard InChI is InChI=1S/C11H8BrN3S/c1-7(12)6-15-10-4-8(5-13)2-3-9(10)14-11(15)16/h2-4H,1,6H2,(H,14,16). The molecule has 0 aliphatic carbocycles. The molecule has 5 heteroatoms. The van der Waals surface area contributed by atoms with E-state index in [2.05, 4.69) is 33.6 Å². The summed E-state index contributed by atoms with van der Waals surface area (Å²) < 4.78 is 3.38. The highest BCUT2D eigenvalue weighted by molar-refractivity contribution is 9.11. The van der Waals surface area contributed by atoms with Crippen LogP contribution in [0.3, 0.4) is 0 Å². The smallest absolute Gasteiger partial charge is 0.178 e. The first kappa shape index (κ1) is 11.1. The van der Waals surface area contributed by atoms with Crippen molar-refractivity contribution in [1.82, 2.24) is 9.55 Å². The molecule has 1 N–H and O–H groups in total. The fourth-order valence-electron chi connectivity index (χ4n) is 1.55. The molecule has 1 aromatic carbocycles. The number of nitrogens with zero attached hydrogens (tertiary/aromatic N) is 2. The lowest BCUT2D eigenvalue weighted by Crippen LogP contribution is -1.97. The molecule has 0 atom stereocenters. The summed E-state index contributed by atoms with van der Waals surface area (Å²) in [6.45, 7) is 4.38. The quantitative estimate of drug-likeness (QED) is 0.862. The molecule has 0 fully saturated rings. The topological polar surface area (TPSA) is 44.5 Å². The molecule has 0 radical (unpaired) electrons. The van der Waals surface area contributed by atoms with Gasteiger partial charge in [-0.3, -0.25) is 0 Å². The number of nitrogens with one attached hydrogen (secondary N) is 1. The number of H-pyrrole nitrogens is 1. The Morgan fingerprint density at radius 3 is 3.00 bits per heavy atom. The van der Waals surface area contributed by atoms with Crippen LogP contribution >= 0.6 is 28.1 Å². The van der Waals surface area contributed by atoms with Gasteiger partial charge in [0.1, 0.15) is 0 Å². The summed E-state index contributed by atoms with van der Waals surface area (Å²) in [6.07, 6.45) is 0. The third-order valence-corrected chi connectivity index (χ3v) is 2.81. The second-order valence-electron chi connectivity index (χ2n) is 3.38. The molecule has 0 amide bonds. The molecule has 0 bridgehead atoms. The van der Waals surface area contributed by atoms with Crippen LogP contribution in [0.25, 0.3) is 11.0 Å². The predicted octanol–water partition coefficient (Wildman–Crippen LogP) is 3.48. The van der Waals surface area contributed by atoms with Crippen LogP contribution in [0.1, 0.15) is 5.56 Å². The first-order valence-electron chi connectivity index (χ1n) is 4.58. The summed E-state index contributed by atoms with van der Waals surface area (Å²) in [4.78, 5) is 3.09. The summed E-state index contributed by atoms with van der Waals surface area (Å²) in [5.41, 5.74) is 2.47. The second kappa shape index (κ2) is 4.24. The molecule has 1 aromatic heterocycles. The molecule has 0 spiro atoms. The third-order valence-electron chi connectivity index (χ3n) is 2.23. The normalized spacial score (nSPS) is 10.2. The van der Waals surface area contributed by atoms with E-state index in [-0.39, 0.29) is 0 Å². The molecule has 3 nitrogen and oxygen atoms in total. The molecule has 1 heterocycles. The van der Waals surface area contributed by atoms with Gasteiger partial charge in [0.15, 0.2) is 4.77 Å². The van der Waals surface area contributed by atoms with Crippen LogP contribution < -0.4 is 0 Å². The molecule has 0 aliphatic rings. The van der Waals surface area contributed by atoms with Crippen LogP contribution in [0, 0.1) is 16.1 Å². The minimum absolute atomic E-state index is 0.591. The number of fused-ring (bicyclic) bond motifs is 1. The zero-order chi connectivity index (χ0) is 11.7. The van der Waals surface area contributed by atoms with E-state index in [1.54, 1.807) is 6.07 Å². The number of aromatic amines is 1. The molecule has 2 rings (SSSR count). The Balaban J connectivity index is 2.71. The van der Waals surface area contributed by atoms with Gasteiger partial charge >= 0.3 is 0 Å². The van der Waals surface area contributed by atoms with Crippen LogP contribution in [-0.4, -0.2) is 9.55 Å². The highest BCUT2D eigenvalue weighted by Gasteiger charge is 2.05. The van der Waals surface area contributed by atoms with Crippen LogP contribution in [-0.2, 0) is 6.54 Å². The maximum Gasteiger partial charge on any atom is 0.178 e. The molecule has 80 valence electrons. The van der Waals surface area contributed by atoms with Crippen LogP contribution in [0.2, 0.25) is 0 Å². The van der Waals surface area contributed by atoms with Crippen LogP contribution in [0.15, 0.2) is 29.3 Å². The zero-order valence-corrected chi connectivity index (χ0v) is 10.7. The number of halogens is 1. The van der Waals surface area contributed by atoms with E-state index in [4.69, 9.17) is 17.5 Å². The van der Waals surface area contributed by atoms with Gasteiger partial charge in [0.05, 0.1) is 29.2 Å². The Morgan fingerprint density at radius 2 is 2.38 bits per heavy atom. The fourth-order valence-corrected chi connectivity index (χ4v) is 2.07. The number of hydrogen-bond donors (Lipinski definition) is 1. The monoisotopic (exact) mass is 293 g/mol. The Kier molecular flexibility index (Phi) is 2.95. The van der Waals surface area contributed by atoms with E-state index in [1.165, 1.54) is 0 Å². The van der Waals surface area contributed by atoms with Gasteiger partial charge < -0.3 is 9.55 Å². The lowest BCUT2D eigenvalue weighted by molar-refractivity contribution is 0.829. The van der Waals surface area contributed by atoms with E-state index in [9.17, 15) is 0 Å². The highest BCUT2D eigenvalue weighted by atomic mass is 79.9. The van der Waals surface area contributed by atoms with Crippen molar-refractivity contribution in [3.63, 3.8) is 0 Å². The largest absolute Gasteiger partial charge is 0.331 e. The van der Waals surface area contributed by atoms with Gasteiger partial charge in [0.25, 0.3) is 0 Å². The minimum Gasteiger partial charge on any atom is -0.331 e. The van der Waals surface area contributed by atoms with Gasteiger partial charge in [-0.05, 0) is 30.4 Å². The van der Waals surface area contributed by atoms with E-state index < -0.39 is 0 Å². The molecule has 2 aromatic rings. The zero-order valence-electron chi connectivity index (χ0n) is 8.33. The Hall–Kier alpha value is -1.38. The van der Waals surface area contributed by atoms with Gasteiger partial charge in [-0.1, -0.05) is 22.5 Å². The summed E-state index contributed by atoms with van der Waals surface area (Å²) in [5, 5.41) is 8.85. The first-order valence-corrected chi connectivity index (χ1v) is 5.78. The second-order valence-corrected chi connectivity index (χ2v) is 4.89. The maximum absolute atomic E-state index is 8.85. The molecular formula is C11H8BrN3S. The van der Waals surface area contributed by atoms with E-state index in [0.29, 0.717) is 16.9 Å². The number of imidazole rings is 1. The summed E-state index contributed by atoms with van der Waals surface area (Å²) in [7, 11) is 0. The van der Waals surface area contributed by atoms with Gasteiger partial charge in [0, 0.05) is 4.48 Å². The number of hydrogen-bond acceptors (Lipinski definition) is 2.